The lowest BCUT2D eigenvalue weighted by Gasteiger charge is -2.18. The summed E-state index contributed by atoms with van der Waals surface area (Å²) in [4.78, 5) is 24.6. The van der Waals surface area contributed by atoms with Crippen molar-refractivity contribution in [3.63, 3.8) is 0 Å². The maximum Gasteiger partial charge on any atom is 0.420 e. The molecule has 0 radical (unpaired) electrons. The van der Waals surface area contributed by atoms with Gasteiger partial charge in [0, 0.05) is 25.6 Å². The second kappa shape index (κ2) is 10.0. The van der Waals surface area contributed by atoms with Crippen LogP contribution in [0.2, 0.25) is 0 Å². The van der Waals surface area contributed by atoms with E-state index in [1.54, 1.807) is 4.57 Å². The Kier molecular flexibility index (Phi) is 6.92. The molecule has 1 unspecified atom stereocenters. The number of nitrogens with one attached hydrogen (secondary N) is 2. The molecule has 2 heterocycles. The van der Waals surface area contributed by atoms with Crippen LogP contribution in [-0.2, 0) is 16.0 Å². The SMILES string of the molecule is CC(C)n1c(=O)oc2ccc(-c3ccc(CC(C#N)NC(=O)[C@@H]4CNCCCO4)cc3)cc21. The van der Waals surface area contributed by atoms with Crippen LogP contribution >= 0.6 is 0 Å². The van der Waals surface area contributed by atoms with Gasteiger partial charge in [-0.15, -0.1) is 0 Å². The molecule has 3 aromatic rings. The quantitative estimate of drug-likeness (QED) is 0.600. The molecule has 0 spiro atoms. The van der Waals surface area contributed by atoms with Crippen molar-refractivity contribution in [2.75, 3.05) is 19.7 Å². The van der Waals surface area contributed by atoms with Crippen molar-refractivity contribution in [1.82, 2.24) is 15.2 Å². The standard InChI is InChI=1S/C25H28N4O4/c1-16(2)29-21-13-19(8-9-22(21)33-25(29)31)18-6-4-17(5-7-18)12-20(14-26)28-24(30)23-15-27-10-3-11-32-23/h4-9,13,16,20,23,27H,3,10-12,15H2,1-2H3,(H,28,30)/t20?,23-/m0/s1. The van der Waals surface area contributed by atoms with Gasteiger partial charge in [0.15, 0.2) is 5.58 Å². The van der Waals surface area contributed by atoms with Gasteiger partial charge in [0.05, 0.1) is 11.6 Å². The number of aromatic nitrogens is 1. The van der Waals surface area contributed by atoms with Crippen LogP contribution in [0.4, 0.5) is 0 Å². The molecule has 8 heteroatoms. The van der Waals surface area contributed by atoms with Gasteiger partial charge in [0.2, 0.25) is 0 Å². The fourth-order valence-corrected chi connectivity index (χ4v) is 4.05. The Morgan fingerprint density at radius 3 is 2.73 bits per heavy atom. The van der Waals surface area contributed by atoms with Gasteiger partial charge < -0.3 is 19.8 Å². The molecule has 1 aromatic heterocycles. The number of rotatable bonds is 6. The highest BCUT2D eigenvalue weighted by Crippen LogP contribution is 2.26. The molecule has 2 atom stereocenters. The third-order valence-electron chi connectivity index (χ3n) is 5.77. The highest BCUT2D eigenvalue weighted by molar-refractivity contribution is 5.82. The number of hydrogen-bond donors (Lipinski definition) is 2. The number of ether oxygens (including phenoxy) is 1. The highest BCUT2D eigenvalue weighted by atomic mass is 16.5. The van der Waals surface area contributed by atoms with E-state index in [0.29, 0.717) is 25.2 Å². The van der Waals surface area contributed by atoms with Crippen LogP contribution in [0, 0.1) is 11.3 Å². The predicted molar refractivity (Wildman–Crippen MR) is 125 cm³/mol. The van der Waals surface area contributed by atoms with E-state index in [4.69, 9.17) is 9.15 Å². The normalized spacial score (nSPS) is 17.5. The van der Waals surface area contributed by atoms with Crippen molar-refractivity contribution >= 4 is 17.0 Å². The summed E-state index contributed by atoms with van der Waals surface area (Å²) in [5.74, 6) is -0.626. The van der Waals surface area contributed by atoms with Gasteiger partial charge in [0.25, 0.3) is 5.91 Å². The van der Waals surface area contributed by atoms with Crippen molar-refractivity contribution in [1.29, 1.82) is 5.26 Å². The number of nitriles is 1. The number of carbonyl (C=O) groups excluding carboxylic acids is 1. The number of hydrogen-bond acceptors (Lipinski definition) is 6. The first-order valence-electron chi connectivity index (χ1n) is 11.2. The molecule has 0 bridgehead atoms. The third-order valence-corrected chi connectivity index (χ3v) is 5.77. The van der Waals surface area contributed by atoms with Crippen LogP contribution in [0.5, 0.6) is 0 Å². The molecule has 33 heavy (non-hydrogen) atoms. The fourth-order valence-electron chi connectivity index (χ4n) is 4.05. The average Bonchev–Trinajstić information content (AvgIpc) is 2.96. The number of fused-ring (bicyclic) bond motifs is 1. The van der Waals surface area contributed by atoms with Crippen LogP contribution in [0.15, 0.2) is 51.7 Å². The molecule has 4 rings (SSSR count). The van der Waals surface area contributed by atoms with E-state index < -0.39 is 12.1 Å². The summed E-state index contributed by atoms with van der Waals surface area (Å²) in [6.45, 7) is 5.69. The average molecular weight is 449 g/mol. The molecule has 1 amide bonds. The first-order chi connectivity index (χ1) is 16.0. The summed E-state index contributed by atoms with van der Waals surface area (Å²) < 4.78 is 12.5. The maximum absolute atomic E-state index is 12.5. The summed E-state index contributed by atoms with van der Waals surface area (Å²) in [6, 6.07) is 15.1. The van der Waals surface area contributed by atoms with Crippen molar-refractivity contribution in [3.8, 4) is 17.2 Å². The Morgan fingerprint density at radius 1 is 1.24 bits per heavy atom. The number of carbonyl (C=O) groups is 1. The molecule has 2 aromatic carbocycles. The first kappa shape index (κ1) is 22.8. The molecular formula is C25H28N4O4. The van der Waals surface area contributed by atoms with E-state index in [1.165, 1.54) is 0 Å². The second-order valence-electron chi connectivity index (χ2n) is 8.52. The zero-order valence-corrected chi connectivity index (χ0v) is 18.8. The minimum absolute atomic E-state index is 0.00586. The summed E-state index contributed by atoms with van der Waals surface area (Å²) in [6.07, 6.45) is 0.684. The van der Waals surface area contributed by atoms with Gasteiger partial charge >= 0.3 is 5.76 Å². The molecule has 1 aliphatic rings. The molecule has 0 saturated carbocycles. The number of nitrogens with zero attached hydrogens (tertiary/aromatic N) is 2. The highest BCUT2D eigenvalue weighted by Gasteiger charge is 2.23. The summed E-state index contributed by atoms with van der Waals surface area (Å²) in [7, 11) is 0. The van der Waals surface area contributed by atoms with E-state index in [-0.39, 0.29) is 17.7 Å². The van der Waals surface area contributed by atoms with Gasteiger partial charge in [-0.2, -0.15) is 5.26 Å². The van der Waals surface area contributed by atoms with Crippen molar-refractivity contribution < 1.29 is 13.9 Å². The summed E-state index contributed by atoms with van der Waals surface area (Å²) in [5.41, 5.74) is 4.22. The van der Waals surface area contributed by atoms with Crippen molar-refractivity contribution in [2.24, 2.45) is 0 Å². The molecule has 8 nitrogen and oxygen atoms in total. The lowest BCUT2D eigenvalue weighted by Crippen LogP contribution is -2.46. The Morgan fingerprint density at radius 2 is 2.00 bits per heavy atom. The number of benzene rings is 2. The molecule has 172 valence electrons. The van der Waals surface area contributed by atoms with Crippen molar-refractivity contribution in [3.05, 3.63) is 58.6 Å². The predicted octanol–water partition coefficient (Wildman–Crippen LogP) is 2.77. The maximum atomic E-state index is 12.5. The molecule has 1 fully saturated rings. The molecular weight excluding hydrogens is 420 g/mol. The van der Waals surface area contributed by atoms with Crippen LogP contribution in [-0.4, -0.2) is 42.3 Å². The van der Waals surface area contributed by atoms with E-state index in [1.807, 2.05) is 56.3 Å². The topological polar surface area (TPSA) is 109 Å². The van der Waals surface area contributed by atoms with Gasteiger partial charge in [-0.05, 0) is 55.6 Å². The van der Waals surface area contributed by atoms with Crippen LogP contribution in [0.3, 0.4) is 0 Å². The van der Waals surface area contributed by atoms with Gasteiger partial charge in [-0.25, -0.2) is 4.79 Å². The zero-order valence-electron chi connectivity index (χ0n) is 18.8. The summed E-state index contributed by atoms with van der Waals surface area (Å²) >= 11 is 0. The van der Waals surface area contributed by atoms with Crippen molar-refractivity contribution in [2.45, 2.75) is 44.9 Å². The Labute approximate surface area is 192 Å². The van der Waals surface area contributed by atoms with E-state index in [0.717, 1.165) is 35.2 Å². The second-order valence-corrected chi connectivity index (χ2v) is 8.52. The largest absolute Gasteiger partial charge is 0.420 e. The smallest absolute Gasteiger partial charge is 0.408 e. The number of oxazole rings is 1. The first-order valence-corrected chi connectivity index (χ1v) is 11.2. The van der Waals surface area contributed by atoms with Gasteiger partial charge in [-0.3, -0.25) is 9.36 Å². The lowest BCUT2D eigenvalue weighted by atomic mass is 10.0. The molecule has 1 aliphatic heterocycles. The minimum Gasteiger partial charge on any atom is -0.408 e. The minimum atomic E-state index is -0.641. The van der Waals surface area contributed by atoms with Crippen LogP contribution in [0.25, 0.3) is 22.2 Å². The zero-order chi connectivity index (χ0) is 23.4. The lowest BCUT2D eigenvalue weighted by molar-refractivity contribution is -0.132. The van der Waals surface area contributed by atoms with E-state index in [9.17, 15) is 14.9 Å². The third kappa shape index (κ3) is 5.16. The van der Waals surface area contributed by atoms with Gasteiger partial charge in [0.1, 0.15) is 12.1 Å². The molecule has 2 N–H and O–H groups in total. The number of amides is 1. The molecule has 0 aliphatic carbocycles. The van der Waals surface area contributed by atoms with Crippen LogP contribution < -0.4 is 16.4 Å². The Hall–Kier alpha value is -3.41. The fraction of sp³-hybridized carbons (Fsp3) is 0.400. The van der Waals surface area contributed by atoms with E-state index >= 15 is 0 Å². The Balaban J connectivity index is 1.46. The Bertz CT molecular complexity index is 1210. The molecule has 1 saturated heterocycles. The van der Waals surface area contributed by atoms with Gasteiger partial charge in [-0.1, -0.05) is 30.3 Å². The summed E-state index contributed by atoms with van der Waals surface area (Å²) in [5, 5.41) is 15.5. The monoisotopic (exact) mass is 448 g/mol. The van der Waals surface area contributed by atoms with Crippen LogP contribution in [0.1, 0.15) is 31.9 Å². The van der Waals surface area contributed by atoms with E-state index in [2.05, 4.69) is 16.7 Å².